The van der Waals surface area contributed by atoms with Gasteiger partial charge in [-0.3, -0.25) is 0 Å². The maximum absolute atomic E-state index is 7.51. The molecule has 0 amide bonds. The van der Waals surface area contributed by atoms with Crippen LogP contribution < -0.4 is 0 Å². The zero-order valence-electron chi connectivity index (χ0n) is 8.50. The molecule has 0 aliphatic rings. The van der Waals surface area contributed by atoms with Crippen molar-refractivity contribution in [1.29, 1.82) is 10.5 Å². The van der Waals surface area contributed by atoms with Crippen LogP contribution in [-0.2, 0) is 36.0 Å². The van der Waals surface area contributed by atoms with Gasteiger partial charge in [0.25, 0.3) is 0 Å². The number of hydrogen-bond donors (Lipinski definition) is 0. The topological polar surface area (TPSA) is 127 Å². The van der Waals surface area contributed by atoms with Crippen LogP contribution >= 0.6 is 0 Å². The molecule has 6 nitrogen and oxygen atoms in total. The van der Waals surface area contributed by atoms with Crippen LogP contribution in [0.4, 0.5) is 0 Å². The molecule has 0 N–H and O–H groups in total. The van der Waals surface area contributed by atoms with Gasteiger partial charge in [0.15, 0.2) is 0 Å². The van der Waals surface area contributed by atoms with Crippen LogP contribution in [0.2, 0.25) is 0 Å². The third-order valence-electron chi connectivity index (χ3n) is 0.183. The molecule has 0 saturated heterocycles. The van der Waals surface area contributed by atoms with E-state index in [2.05, 4.69) is 39.8 Å². The van der Waals surface area contributed by atoms with E-state index < -0.39 is 0 Å². The minimum atomic E-state index is 0. The Morgan fingerprint density at radius 1 is 0.706 bits per heavy atom. The fourth-order valence-electron chi connectivity index (χ4n) is 0. The van der Waals surface area contributed by atoms with Gasteiger partial charge in [-0.1, -0.05) is 13.2 Å². The molecule has 0 atom stereocenters. The molecule has 0 aromatic rings. The molecule has 0 unspecified atom stereocenters. The zero-order valence-corrected chi connectivity index (χ0v) is 9.78. The molecule has 0 fully saturated rings. The van der Waals surface area contributed by atoms with E-state index >= 15 is 0 Å². The largest absolute Gasteiger partial charge is 0 e. The summed E-state index contributed by atoms with van der Waals surface area (Å²) in [6.07, 6.45) is 2.36. The van der Waals surface area contributed by atoms with Crippen molar-refractivity contribution < 1.29 is 36.0 Å². The smallest absolute Gasteiger partial charge is 0 e. The monoisotopic (exact) mass is 270 g/mol. The normalized spacial score (nSPS) is 2.24. The standard InChI is InChI=1S/2C3H3N.4CO.Cr/c2*1-2-3-4;4*1-2;/h2*2H,1H2;;;;;. The van der Waals surface area contributed by atoms with Crippen molar-refractivity contribution in [3.8, 4) is 12.1 Å². The van der Waals surface area contributed by atoms with Crippen LogP contribution in [0.15, 0.2) is 25.3 Å². The van der Waals surface area contributed by atoms with E-state index in [1.807, 2.05) is 0 Å². The van der Waals surface area contributed by atoms with Crippen molar-refractivity contribution in [2.24, 2.45) is 0 Å². The van der Waals surface area contributed by atoms with E-state index in [0.717, 1.165) is 0 Å². The first-order chi connectivity index (χ1) is 7.83. The Hall–Kier alpha value is -2.05. The van der Waals surface area contributed by atoms with Crippen LogP contribution in [-0.4, -0.2) is 0 Å². The fraction of sp³-hybridized carbons (Fsp3) is 0. The molecule has 0 saturated carbocycles. The minimum Gasteiger partial charge on any atom is 0 e. The Labute approximate surface area is 111 Å². The van der Waals surface area contributed by atoms with Gasteiger partial charge in [0.05, 0.1) is 12.1 Å². The third kappa shape index (κ3) is 882000. The number of nitriles is 2. The quantitative estimate of drug-likeness (QED) is 0.372. The molecule has 0 aliphatic carbocycles. The summed E-state index contributed by atoms with van der Waals surface area (Å²) in [5.41, 5.74) is 0. The average Bonchev–Trinajstić information content (AvgIpc) is 2.47. The molecule has 0 bridgehead atoms. The average molecular weight is 270 g/mol. The number of hydrogen-bond acceptors (Lipinski definition) is 2. The zero-order chi connectivity index (χ0) is 14.8. The van der Waals surface area contributed by atoms with Crippen LogP contribution in [0.1, 0.15) is 0 Å². The Bertz CT molecular complexity index is 237. The second kappa shape index (κ2) is 614. The van der Waals surface area contributed by atoms with Gasteiger partial charge in [0.1, 0.15) is 0 Å². The Morgan fingerprint density at radius 2 is 0.765 bits per heavy atom. The summed E-state index contributed by atoms with van der Waals surface area (Å²) in [6.45, 7) is 24.2. The van der Waals surface area contributed by atoms with Crippen molar-refractivity contribution in [2.45, 2.75) is 0 Å². The second-order valence-electron chi connectivity index (χ2n) is 0.666. The summed E-state index contributed by atoms with van der Waals surface area (Å²) >= 11 is 0. The maximum atomic E-state index is 7.51. The predicted octanol–water partition coefficient (Wildman–Crippen LogP) is 1.24. The minimum absolute atomic E-state index is 0. The first-order valence-corrected chi connectivity index (χ1v) is 2.66. The summed E-state index contributed by atoms with van der Waals surface area (Å²) in [5, 5.41) is 15.0. The molecule has 0 aliphatic heterocycles. The fourth-order valence-corrected chi connectivity index (χ4v) is 0. The maximum Gasteiger partial charge on any atom is 0 e. The van der Waals surface area contributed by atoms with Crippen molar-refractivity contribution in [3.63, 3.8) is 0 Å². The third-order valence-corrected chi connectivity index (χ3v) is 0.183. The predicted molar refractivity (Wildman–Crippen MR) is 47.3 cm³/mol. The molecule has 0 heterocycles. The molecule has 0 spiro atoms. The van der Waals surface area contributed by atoms with Gasteiger partial charge >= 0.3 is 45.2 Å². The molecule has 0 aromatic heterocycles. The van der Waals surface area contributed by atoms with Crippen molar-refractivity contribution >= 4 is 0 Å². The van der Waals surface area contributed by atoms with Gasteiger partial charge in [-0.2, -0.15) is 10.5 Å². The second-order valence-corrected chi connectivity index (χ2v) is 0.666. The number of allylic oxidation sites excluding steroid dienone is 2. The van der Waals surface area contributed by atoms with Crippen LogP contribution in [0.5, 0.6) is 0 Å². The molecule has 0 radical (unpaired) electrons. The Morgan fingerprint density at radius 3 is 0.765 bits per heavy atom. The van der Waals surface area contributed by atoms with E-state index in [-0.39, 0.29) is 17.4 Å². The summed E-state index contributed by atoms with van der Waals surface area (Å²) in [4.78, 5) is 0. The molecular formula is C10H6CrN2O4. The van der Waals surface area contributed by atoms with E-state index in [1.165, 1.54) is 12.2 Å². The Kier molecular flexibility index (Phi) is 1660. The summed E-state index contributed by atoms with van der Waals surface area (Å²) in [5.74, 6) is 0. The first-order valence-electron chi connectivity index (χ1n) is 2.66. The van der Waals surface area contributed by atoms with Gasteiger partial charge in [-0.25, -0.2) is 0 Å². The SMILES string of the molecule is C=CC#N.C=CC#N.[C-]#[O+].[C-]#[O+].[C-]#[O+].[C-]#[O+].[Cr]. The van der Waals surface area contributed by atoms with E-state index in [4.69, 9.17) is 29.1 Å². The van der Waals surface area contributed by atoms with Crippen molar-refractivity contribution in [3.05, 3.63) is 51.9 Å². The summed E-state index contributed by atoms with van der Waals surface area (Å²) < 4.78 is 30.0. The van der Waals surface area contributed by atoms with Gasteiger partial charge in [-0.05, 0) is 0 Å². The molecular weight excluding hydrogens is 264 g/mol. The molecule has 17 heavy (non-hydrogen) atoms. The van der Waals surface area contributed by atoms with Gasteiger partial charge in [0.2, 0.25) is 0 Å². The number of nitrogens with zero attached hydrogens (tertiary/aromatic N) is 2. The van der Waals surface area contributed by atoms with Gasteiger partial charge < -0.3 is 0 Å². The first kappa shape index (κ1) is 46.0. The van der Waals surface area contributed by atoms with E-state index in [9.17, 15) is 0 Å². The summed E-state index contributed by atoms with van der Waals surface area (Å²) in [6, 6.07) is 3.39. The van der Waals surface area contributed by atoms with E-state index in [0.29, 0.717) is 0 Å². The van der Waals surface area contributed by atoms with Gasteiger partial charge in [0, 0.05) is 29.5 Å². The molecule has 86 valence electrons. The van der Waals surface area contributed by atoms with Crippen LogP contribution in [0.25, 0.3) is 0 Å². The molecule has 0 rings (SSSR count). The number of rotatable bonds is 0. The molecule has 0 aromatic carbocycles. The summed E-state index contributed by atoms with van der Waals surface area (Å²) in [7, 11) is 0. The van der Waals surface area contributed by atoms with Crippen molar-refractivity contribution in [2.75, 3.05) is 0 Å². The Balaban J connectivity index is -0.0000000146. The van der Waals surface area contributed by atoms with Crippen LogP contribution in [0, 0.1) is 49.3 Å². The van der Waals surface area contributed by atoms with Crippen molar-refractivity contribution in [1.82, 2.24) is 0 Å². The van der Waals surface area contributed by atoms with Gasteiger partial charge in [-0.15, -0.1) is 0 Å². The molecule has 7 heteroatoms. The van der Waals surface area contributed by atoms with Crippen LogP contribution in [0.3, 0.4) is 0 Å². The van der Waals surface area contributed by atoms with E-state index in [1.54, 1.807) is 12.1 Å².